The number of morpholine rings is 1. The van der Waals surface area contributed by atoms with Gasteiger partial charge in [-0.25, -0.2) is 13.4 Å². The highest BCUT2D eigenvalue weighted by atomic mass is 32.2. The number of carbonyl (C=O) groups excluding carboxylic acids is 2. The van der Waals surface area contributed by atoms with Crippen molar-refractivity contribution >= 4 is 38.4 Å². The number of benzene rings is 1. The van der Waals surface area contributed by atoms with Gasteiger partial charge in [0.2, 0.25) is 10.0 Å². The van der Waals surface area contributed by atoms with E-state index < -0.39 is 21.9 Å². The van der Waals surface area contributed by atoms with Crippen molar-refractivity contribution in [3.05, 3.63) is 40.4 Å². The summed E-state index contributed by atoms with van der Waals surface area (Å²) in [6.07, 6.45) is 0.0205. The normalized spacial score (nSPS) is 15.0. The fourth-order valence-corrected chi connectivity index (χ4v) is 5.28. The zero-order valence-corrected chi connectivity index (χ0v) is 18.3. The maximum absolute atomic E-state index is 13.0. The third-order valence-electron chi connectivity index (χ3n) is 4.44. The van der Waals surface area contributed by atoms with Crippen LogP contribution in [0.3, 0.4) is 0 Å². The molecule has 162 valence electrons. The van der Waals surface area contributed by atoms with Gasteiger partial charge in [-0.1, -0.05) is 6.07 Å². The number of nitrogens with one attached hydrogen (secondary N) is 1. The number of aryl methyl sites for hydroxylation is 1. The van der Waals surface area contributed by atoms with Crippen LogP contribution in [-0.4, -0.2) is 62.5 Å². The Morgan fingerprint density at radius 3 is 2.73 bits per heavy atom. The van der Waals surface area contributed by atoms with Crippen LogP contribution in [-0.2, 0) is 30.7 Å². The molecule has 1 aliphatic heterocycles. The lowest BCUT2D eigenvalue weighted by Gasteiger charge is -2.26. The van der Waals surface area contributed by atoms with Crippen molar-refractivity contribution in [3.8, 4) is 0 Å². The molecule has 1 N–H and O–H groups in total. The average molecular weight is 454 g/mol. The Morgan fingerprint density at radius 2 is 2.03 bits per heavy atom. The largest absolute Gasteiger partial charge is 0.466 e. The Balaban J connectivity index is 1.75. The van der Waals surface area contributed by atoms with Gasteiger partial charge in [-0.05, 0) is 31.5 Å². The minimum Gasteiger partial charge on any atom is -0.466 e. The number of amides is 1. The molecule has 1 aromatic carbocycles. The van der Waals surface area contributed by atoms with Crippen LogP contribution in [0.1, 0.15) is 28.5 Å². The van der Waals surface area contributed by atoms with Gasteiger partial charge >= 0.3 is 5.97 Å². The monoisotopic (exact) mass is 453 g/mol. The second kappa shape index (κ2) is 9.65. The number of esters is 1. The molecule has 0 bridgehead atoms. The van der Waals surface area contributed by atoms with E-state index in [0.717, 1.165) is 0 Å². The van der Waals surface area contributed by atoms with E-state index in [1.807, 2.05) is 0 Å². The van der Waals surface area contributed by atoms with Gasteiger partial charge in [-0.3, -0.25) is 14.9 Å². The maximum atomic E-state index is 13.0. The number of hydrogen-bond acceptors (Lipinski definition) is 8. The lowest BCUT2D eigenvalue weighted by molar-refractivity contribution is -0.142. The summed E-state index contributed by atoms with van der Waals surface area (Å²) in [5, 5.41) is 4.63. The number of aromatic nitrogens is 1. The number of sulfonamides is 1. The molecule has 30 heavy (non-hydrogen) atoms. The number of rotatable bonds is 7. The Labute approximate surface area is 179 Å². The van der Waals surface area contributed by atoms with Crippen LogP contribution in [0.15, 0.2) is 28.5 Å². The molecule has 1 aliphatic rings. The first-order valence-electron chi connectivity index (χ1n) is 9.41. The lowest BCUT2D eigenvalue weighted by atomic mass is 10.1. The minimum atomic E-state index is -3.73. The first-order chi connectivity index (χ1) is 14.3. The molecule has 9 nitrogen and oxygen atoms in total. The molecule has 1 fully saturated rings. The van der Waals surface area contributed by atoms with Gasteiger partial charge in [0.1, 0.15) is 0 Å². The predicted molar refractivity (Wildman–Crippen MR) is 111 cm³/mol. The van der Waals surface area contributed by atoms with Crippen LogP contribution >= 0.6 is 11.3 Å². The number of hydrogen-bond donors (Lipinski definition) is 1. The summed E-state index contributed by atoms with van der Waals surface area (Å²) in [6, 6.07) is 4.55. The first kappa shape index (κ1) is 22.3. The summed E-state index contributed by atoms with van der Waals surface area (Å²) in [5.74, 6) is -0.873. The average Bonchev–Trinajstić information content (AvgIpc) is 3.15. The third-order valence-corrected chi connectivity index (χ3v) is 7.29. The van der Waals surface area contributed by atoms with E-state index in [4.69, 9.17) is 9.47 Å². The van der Waals surface area contributed by atoms with E-state index in [9.17, 15) is 18.0 Å². The molecule has 0 spiro atoms. The van der Waals surface area contributed by atoms with Crippen LogP contribution in [0.4, 0.5) is 5.13 Å². The molecule has 0 unspecified atom stereocenters. The van der Waals surface area contributed by atoms with Crippen molar-refractivity contribution in [2.24, 2.45) is 0 Å². The molecule has 0 radical (unpaired) electrons. The number of anilines is 1. The summed E-state index contributed by atoms with van der Waals surface area (Å²) in [5.41, 5.74) is 1.26. The Morgan fingerprint density at radius 1 is 1.30 bits per heavy atom. The zero-order chi connectivity index (χ0) is 21.7. The fourth-order valence-electron chi connectivity index (χ4n) is 2.92. The minimum absolute atomic E-state index is 0.0205. The van der Waals surface area contributed by atoms with Gasteiger partial charge in [-0.15, -0.1) is 11.3 Å². The molecule has 1 aromatic heterocycles. The molecule has 1 amide bonds. The highest BCUT2D eigenvalue weighted by Gasteiger charge is 2.28. The van der Waals surface area contributed by atoms with Crippen molar-refractivity contribution in [1.82, 2.24) is 9.29 Å². The highest BCUT2D eigenvalue weighted by molar-refractivity contribution is 7.89. The third kappa shape index (κ3) is 5.22. The van der Waals surface area contributed by atoms with Gasteiger partial charge in [-0.2, -0.15) is 4.31 Å². The van der Waals surface area contributed by atoms with E-state index >= 15 is 0 Å². The molecule has 0 atom stereocenters. The summed E-state index contributed by atoms with van der Waals surface area (Å²) >= 11 is 1.18. The van der Waals surface area contributed by atoms with E-state index in [1.165, 1.54) is 21.7 Å². The number of ether oxygens (including phenoxy) is 2. The second-order valence-electron chi connectivity index (χ2n) is 6.58. The van der Waals surface area contributed by atoms with Crippen LogP contribution in [0.5, 0.6) is 0 Å². The first-order valence-corrected chi connectivity index (χ1v) is 11.7. The zero-order valence-electron chi connectivity index (χ0n) is 16.7. The summed E-state index contributed by atoms with van der Waals surface area (Å²) in [4.78, 5) is 28.5. The van der Waals surface area contributed by atoms with Crippen molar-refractivity contribution in [1.29, 1.82) is 0 Å². The number of carbonyl (C=O) groups is 2. The van der Waals surface area contributed by atoms with Crippen molar-refractivity contribution in [2.75, 3.05) is 38.2 Å². The molecule has 0 saturated carbocycles. The Kier molecular flexibility index (Phi) is 7.19. The topological polar surface area (TPSA) is 115 Å². The van der Waals surface area contributed by atoms with Crippen molar-refractivity contribution < 1.29 is 27.5 Å². The van der Waals surface area contributed by atoms with E-state index in [1.54, 1.807) is 31.4 Å². The number of nitrogens with zero attached hydrogens (tertiary/aromatic N) is 2. The van der Waals surface area contributed by atoms with Crippen LogP contribution < -0.4 is 5.32 Å². The van der Waals surface area contributed by atoms with Crippen LogP contribution in [0.2, 0.25) is 0 Å². The van der Waals surface area contributed by atoms with Gasteiger partial charge in [0.05, 0.1) is 36.8 Å². The standard InChI is InChI=1S/C19H23N3O6S2/c1-3-28-17(23)11-15-12-29-19(20-15)21-18(24)14-5-4-13(2)16(10-14)30(25,26)22-6-8-27-9-7-22/h4-5,10,12H,3,6-9,11H2,1-2H3,(H,20,21,24). The molecule has 11 heteroatoms. The van der Waals surface area contributed by atoms with Crippen molar-refractivity contribution in [3.63, 3.8) is 0 Å². The maximum Gasteiger partial charge on any atom is 0.311 e. The molecule has 3 rings (SSSR count). The summed E-state index contributed by atoms with van der Waals surface area (Å²) < 4.78 is 37.4. The predicted octanol–water partition coefficient (Wildman–Crippen LogP) is 1.83. The lowest BCUT2D eigenvalue weighted by Crippen LogP contribution is -2.40. The van der Waals surface area contributed by atoms with Gasteiger partial charge < -0.3 is 9.47 Å². The van der Waals surface area contributed by atoms with Gasteiger partial charge in [0.25, 0.3) is 5.91 Å². The molecular formula is C19H23N3O6S2. The van der Waals surface area contributed by atoms with Gasteiger partial charge in [0, 0.05) is 24.0 Å². The van der Waals surface area contributed by atoms with Crippen LogP contribution in [0.25, 0.3) is 0 Å². The summed E-state index contributed by atoms with van der Waals surface area (Å²) in [6.45, 7) is 4.95. The van der Waals surface area contributed by atoms with E-state index in [2.05, 4.69) is 10.3 Å². The summed E-state index contributed by atoms with van der Waals surface area (Å²) in [7, 11) is -3.73. The molecule has 0 aliphatic carbocycles. The molecule has 2 aromatic rings. The molecular weight excluding hydrogens is 430 g/mol. The Bertz CT molecular complexity index is 1030. The van der Waals surface area contributed by atoms with E-state index in [0.29, 0.717) is 29.6 Å². The quantitative estimate of drug-likeness (QED) is 0.636. The van der Waals surface area contributed by atoms with Crippen LogP contribution in [0, 0.1) is 6.92 Å². The van der Waals surface area contributed by atoms with Gasteiger partial charge in [0.15, 0.2) is 5.13 Å². The highest BCUT2D eigenvalue weighted by Crippen LogP contribution is 2.23. The smallest absolute Gasteiger partial charge is 0.311 e. The van der Waals surface area contributed by atoms with E-state index in [-0.39, 0.29) is 36.6 Å². The second-order valence-corrected chi connectivity index (χ2v) is 9.34. The fraction of sp³-hybridized carbons (Fsp3) is 0.421. The Hall–Kier alpha value is -2.34. The van der Waals surface area contributed by atoms with Crippen molar-refractivity contribution in [2.45, 2.75) is 25.2 Å². The molecule has 1 saturated heterocycles. The number of thiazole rings is 1. The molecule has 2 heterocycles. The SMILES string of the molecule is CCOC(=O)Cc1csc(NC(=O)c2ccc(C)c(S(=O)(=O)N3CCOCC3)c2)n1.